The van der Waals surface area contributed by atoms with Crippen molar-refractivity contribution in [1.82, 2.24) is 10.2 Å². The van der Waals surface area contributed by atoms with Crippen LogP contribution in [0.15, 0.2) is 12.7 Å². The Bertz CT molecular complexity index is 252. The van der Waals surface area contributed by atoms with Gasteiger partial charge in [0.2, 0.25) is 0 Å². The van der Waals surface area contributed by atoms with Gasteiger partial charge in [0.05, 0.1) is 7.11 Å². The monoisotopic (exact) mass is 256 g/mol. The molecule has 1 unspecified atom stereocenters. The quantitative estimate of drug-likeness (QED) is 0.478. The van der Waals surface area contributed by atoms with Crippen molar-refractivity contribution in [3.8, 4) is 0 Å². The van der Waals surface area contributed by atoms with E-state index in [1.54, 1.807) is 0 Å². The summed E-state index contributed by atoms with van der Waals surface area (Å²) in [6.07, 6.45) is 3.33. The van der Waals surface area contributed by atoms with Crippen LogP contribution in [0, 0.1) is 0 Å². The molecule has 0 aromatic rings. The SMILES string of the molecule is C=CCCC(C)(NCCN(CC)CC)C(=O)OC. The molecule has 0 saturated carbocycles. The number of esters is 1. The number of hydrogen-bond donors (Lipinski definition) is 1. The van der Waals surface area contributed by atoms with Crippen molar-refractivity contribution in [1.29, 1.82) is 0 Å². The number of carbonyl (C=O) groups is 1. The smallest absolute Gasteiger partial charge is 0.325 e. The first-order valence-electron chi connectivity index (χ1n) is 6.70. The van der Waals surface area contributed by atoms with Crippen LogP contribution in [0.5, 0.6) is 0 Å². The Labute approximate surface area is 111 Å². The molecule has 0 aromatic heterocycles. The Kier molecular flexibility index (Phi) is 8.67. The van der Waals surface area contributed by atoms with Crippen molar-refractivity contribution in [2.75, 3.05) is 33.3 Å². The summed E-state index contributed by atoms with van der Waals surface area (Å²) in [5.41, 5.74) is -0.615. The third-order valence-corrected chi connectivity index (χ3v) is 3.32. The lowest BCUT2D eigenvalue weighted by atomic mass is 9.95. The van der Waals surface area contributed by atoms with Gasteiger partial charge in [-0.05, 0) is 32.9 Å². The van der Waals surface area contributed by atoms with Crippen LogP contribution in [0.25, 0.3) is 0 Å². The lowest BCUT2D eigenvalue weighted by Crippen LogP contribution is -2.52. The van der Waals surface area contributed by atoms with Crippen molar-refractivity contribution in [2.24, 2.45) is 0 Å². The van der Waals surface area contributed by atoms with Gasteiger partial charge in [-0.15, -0.1) is 6.58 Å². The third-order valence-electron chi connectivity index (χ3n) is 3.32. The van der Waals surface area contributed by atoms with Crippen LogP contribution < -0.4 is 5.32 Å². The molecular weight excluding hydrogens is 228 g/mol. The van der Waals surface area contributed by atoms with E-state index in [1.165, 1.54) is 7.11 Å². The van der Waals surface area contributed by atoms with Crippen molar-refractivity contribution >= 4 is 5.97 Å². The van der Waals surface area contributed by atoms with E-state index in [2.05, 4.69) is 30.6 Å². The molecule has 18 heavy (non-hydrogen) atoms. The summed E-state index contributed by atoms with van der Waals surface area (Å²) in [5.74, 6) is -0.205. The molecule has 0 bridgehead atoms. The number of rotatable bonds is 10. The zero-order valence-corrected chi connectivity index (χ0v) is 12.3. The second-order valence-electron chi connectivity index (χ2n) is 4.60. The second kappa shape index (κ2) is 9.11. The van der Waals surface area contributed by atoms with E-state index in [0.29, 0.717) is 6.42 Å². The van der Waals surface area contributed by atoms with Crippen LogP contribution in [0.4, 0.5) is 0 Å². The van der Waals surface area contributed by atoms with Crippen LogP contribution >= 0.6 is 0 Å². The molecule has 0 aliphatic rings. The molecule has 1 atom stereocenters. The minimum atomic E-state index is -0.615. The number of allylic oxidation sites excluding steroid dienone is 1. The fourth-order valence-electron chi connectivity index (χ4n) is 1.91. The molecule has 0 saturated heterocycles. The molecule has 0 radical (unpaired) electrons. The van der Waals surface area contributed by atoms with Gasteiger partial charge in [0, 0.05) is 13.1 Å². The van der Waals surface area contributed by atoms with Crippen molar-refractivity contribution in [2.45, 2.75) is 39.2 Å². The van der Waals surface area contributed by atoms with E-state index >= 15 is 0 Å². The number of methoxy groups -OCH3 is 1. The van der Waals surface area contributed by atoms with Gasteiger partial charge < -0.3 is 15.0 Å². The van der Waals surface area contributed by atoms with Crippen molar-refractivity contribution in [3.05, 3.63) is 12.7 Å². The Morgan fingerprint density at radius 1 is 1.44 bits per heavy atom. The molecule has 0 aliphatic carbocycles. The highest BCUT2D eigenvalue weighted by Crippen LogP contribution is 2.14. The maximum Gasteiger partial charge on any atom is 0.325 e. The maximum atomic E-state index is 11.8. The summed E-state index contributed by atoms with van der Waals surface area (Å²) in [4.78, 5) is 14.1. The molecule has 0 rings (SSSR count). The molecule has 0 aromatic carbocycles. The van der Waals surface area contributed by atoms with E-state index in [-0.39, 0.29) is 5.97 Å². The molecule has 106 valence electrons. The fourth-order valence-corrected chi connectivity index (χ4v) is 1.91. The van der Waals surface area contributed by atoms with Crippen molar-refractivity contribution < 1.29 is 9.53 Å². The molecular formula is C14H28N2O2. The first-order valence-corrected chi connectivity index (χ1v) is 6.70. The first kappa shape index (κ1) is 17.1. The minimum Gasteiger partial charge on any atom is -0.468 e. The van der Waals surface area contributed by atoms with E-state index in [0.717, 1.165) is 32.6 Å². The average molecular weight is 256 g/mol. The van der Waals surface area contributed by atoms with Gasteiger partial charge in [-0.3, -0.25) is 4.79 Å². The average Bonchev–Trinajstić information content (AvgIpc) is 2.40. The van der Waals surface area contributed by atoms with Crippen LogP contribution in [0.2, 0.25) is 0 Å². The largest absolute Gasteiger partial charge is 0.468 e. The van der Waals surface area contributed by atoms with Crippen LogP contribution in [0.3, 0.4) is 0 Å². The number of ether oxygens (including phenoxy) is 1. The first-order chi connectivity index (χ1) is 8.53. The standard InChI is InChI=1S/C14H28N2O2/c1-6-9-10-14(4,13(17)18-5)15-11-12-16(7-2)8-3/h6,15H,1,7-12H2,2-5H3. The van der Waals surface area contributed by atoms with Gasteiger partial charge in [0.1, 0.15) is 5.54 Å². The van der Waals surface area contributed by atoms with E-state index in [9.17, 15) is 4.79 Å². The highest BCUT2D eigenvalue weighted by Gasteiger charge is 2.32. The van der Waals surface area contributed by atoms with Gasteiger partial charge in [-0.2, -0.15) is 0 Å². The summed E-state index contributed by atoms with van der Waals surface area (Å²) < 4.78 is 4.87. The predicted octanol–water partition coefficient (Wildman–Crippen LogP) is 1.82. The highest BCUT2D eigenvalue weighted by atomic mass is 16.5. The molecule has 0 amide bonds. The summed E-state index contributed by atoms with van der Waals surface area (Å²) in [6, 6.07) is 0. The zero-order valence-electron chi connectivity index (χ0n) is 12.3. The predicted molar refractivity (Wildman–Crippen MR) is 75.6 cm³/mol. The van der Waals surface area contributed by atoms with Crippen molar-refractivity contribution in [3.63, 3.8) is 0 Å². The molecule has 4 nitrogen and oxygen atoms in total. The number of nitrogens with zero attached hydrogens (tertiary/aromatic N) is 1. The second-order valence-corrected chi connectivity index (χ2v) is 4.60. The van der Waals surface area contributed by atoms with Gasteiger partial charge >= 0.3 is 5.97 Å². The molecule has 0 fully saturated rings. The van der Waals surface area contributed by atoms with Gasteiger partial charge in [-0.25, -0.2) is 0 Å². The van der Waals surface area contributed by atoms with E-state index in [4.69, 9.17) is 4.74 Å². The fraction of sp³-hybridized carbons (Fsp3) is 0.786. The number of likely N-dealkylation sites (N-methyl/N-ethyl adjacent to an activating group) is 1. The van der Waals surface area contributed by atoms with E-state index < -0.39 is 5.54 Å². The highest BCUT2D eigenvalue weighted by molar-refractivity contribution is 5.80. The summed E-state index contributed by atoms with van der Waals surface area (Å²) >= 11 is 0. The zero-order chi connectivity index (χ0) is 14.0. The number of nitrogens with one attached hydrogen (secondary N) is 1. The molecule has 0 aliphatic heterocycles. The number of carbonyl (C=O) groups excluding carboxylic acids is 1. The maximum absolute atomic E-state index is 11.8. The minimum absolute atomic E-state index is 0.205. The van der Waals surface area contributed by atoms with Gasteiger partial charge in [0.15, 0.2) is 0 Å². The summed E-state index contributed by atoms with van der Waals surface area (Å²) in [7, 11) is 1.43. The number of hydrogen-bond acceptors (Lipinski definition) is 4. The molecule has 1 N–H and O–H groups in total. The van der Waals surface area contributed by atoms with Crippen LogP contribution in [0.1, 0.15) is 33.6 Å². The Balaban J connectivity index is 4.32. The Morgan fingerprint density at radius 2 is 2.06 bits per heavy atom. The van der Waals surface area contributed by atoms with Crippen LogP contribution in [-0.4, -0.2) is 49.7 Å². The van der Waals surface area contributed by atoms with Gasteiger partial charge in [0.25, 0.3) is 0 Å². The molecule has 0 heterocycles. The molecule has 4 heteroatoms. The topological polar surface area (TPSA) is 41.6 Å². The third kappa shape index (κ3) is 5.65. The lowest BCUT2D eigenvalue weighted by molar-refractivity contribution is -0.148. The normalized spacial score (nSPS) is 14.3. The molecule has 0 spiro atoms. The van der Waals surface area contributed by atoms with E-state index in [1.807, 2.05) is 13.0 Å². The summed E-state index contributed by atoms with van der Waals surface area (Å²) in [5, 5.41) is 3.32. The Morgan fingerprint density at radius 3 is 2.50 bits per heavy atom. The van der Waals surface area contributed by atoms with Gasteiger partial charge in [-0.1, -0.05) is 19.9 Å². The van der Waals surface area contributed by atoms with Crippen LogP contribution in [-0.2, 0) is 9.53 Å². The summed E-state index contributed by atoms with van der Waals surface area (Å²) in [6.45, 7) is 13.6. The lowest BCUT2D eigenvalue weighted by Gasteiger charge is -2.29. The Hall–Kier alpha value is -0.870.